The SMILES string of the molecule is O=C(CCN1CCN(c2ccccn2)CC1)NC1CCCCC1O. The van der Waals surface area contributed by atoms with Gasteiger partial charge in [0.1, 0.15) is 5.82 Å². The largest absolute Gasteiger partial charge is 0.391 e. The van der Waals surface area contributed by atoms with Gasteiger partial charge in [-0.2, -0.15) is 0 Å². The molecule has 2 heterocycles. The van der Waals surface area contributed by atoms with E-state index in [2.05, 4.69) is 20.1 Å². The topological polar surface area (TPSA) is 68.7 Å². The molecule has 0 aromatic carbocycles. The molecule has 132 valence electrons. The summed E-state index contributed by atoms with van der Waals surface area (Å²) in [5.41, 5.74) is 0. The first-order valence-electron chi connectivity index (χ1n) is 9.08. The number of hydrogen-bond acceptors (Lipinski definition) is 5. The van der Waals surface area contributed by atoms with E-state index in [1.807, 2.05) is 24.4 Å². The average molecular weight is 332 g/mol. The highest BCUT2D eigenvalue weighted by Crippen LogP contribution is 2.18. The van der Waals surface area contributed by atoms with Gasteiger partial charge in [-0.05, 0) is 25.0 Å². The Morgan fingerprint density at radius 3 is 2.71 bits per heavy atom. The van der Waals surface area contributed by atoms with E-state index >= 15 is 0 Å². The fourth-order valence-corrected chi connectivity index (χ4v) is 3.56. The van der Waals surface area contributed by atoms with Crippen molar-refractivity contribution in [1.29, 1.82) is 0 Å². The van der Waals surface area contributed by atoms with E-state index in [1.54, 1.807) is 0 Å². The quantitative estimate of drug-likeness (QED) is 0.842. The number of nitrogens with one attached hydrogen (secondary N) is 1. The first-order chi connectivity index (χ1) is 11.7. The molecule has 1 aromatic heterocycles. The molecule has 1 aliphatic heterocycles. The highest BCUT2D eigenvalue weighted by Gasteiger charge is 2.25. The number of aromatic nitrogens is 1. The van der Waals surface area contributed by atoms with Crippen LogP contribution < -0.4 is 10.2 Å². The number of pyridine rings is 1. The number of nitrogens with zero attached hydrogens (tertiary/aromatic N) is 3. The van der Waals surface area contributed by atoms with Crippen LogP contribution in [0.2, 0.25) is 0 Å². The molecule has 0 radical (unpaired) electrons. The second-order valence-electron chi connectivity index (χ2n) is 6.79. The maximum atomic E-state index is 12.1. The number of aliphatic hydroxyl groups excluding tert-OH is 1. The highest BCUT2D eigenvalue weighted by molar-refractivity contribution is 5.76. The molecular formula is C18H28N4O2. The van der Waals surface area contributed by atoms with E-state index in [9.17, 15) is 9.90 Å². The maximum absolute atomic E-state index is 12.1. The van der Waals surface area contributed by atoms with Gasteiger partial charge in [0.25, 0.3) is 0 Å². The van der Waals surface area contributed by atoms with Crippen molar-refractivity contribution in [3.63, 3.8) is 0 Å². The molecule has 3 rings (SSSR count). The Labute approximate surface area is 143 Å². The second-order valence-corrected chi connectivity index (χ2v) is 6.79. The van der Waals surface area contributed by atoms with Gasteiger partial charge in [-0.3, -0.25) is 9.69 Å². The van der Waals surface area contributed by atoms with Crippen LogP contribution >= 0.6 is 0 Å². The maximum Gasteiger partial charge on any atom is 0.221 e. The minimum absolute atomic E-state index is 0.0488. The number of rotatable bonds is 5. The molecule has 2 aliphatic rings. The van der Waals surface area contributed by atoms with Gasteiger partial charge in [-0.25, -0.2) is 4.98 Å². The lowest BCUT2D eigenvalue weighted by Crippen LogP contribution is -2.49. The predicted octanol–water partition coefficient (Wildman–Crippen LogP) is 1.01. The number of aliphatic hydroxyl groups is 1. The lowest BCUT2D eigenvalue weighted by molar-refractivity contribution is -0.123. The molecule has 2 unspecified atom stereocenters. The van der Waals surface area contributed by atoms with Crippen molar-refractivity contribution in [3.05, 3.63) is 24.4 Å². The molecule has 6 heteroatoms. The summed E-state index contributed by atoms with van der Waals surface area (Å²) in [6.45, 7) is 4.58. The molecule has 1 saturated heterocycles. The minimum atomic E-state index is -0.371. The summed E-state index contributed by atoms with van der Waals surface area (Å²) >= 11 is 0. The Morgan fingerprint density at radius 1 is 1.21 bits per heavy atom. The predicted molar refractivity (Wildman–Crippen MR) is 93.9 cm³/mol. The molecule has 2 fully saturated rings. The van der Waals surface area contributed by atoms with Gasteiger partial charge in [-0.1, -0.05) is 18.9 Å². The number of carbonyl (C=O) groups is 1. The Kier molecular flexibility index (Phi) is 6.04. The van der Waals surface area contributed by atoms with E-state index < -0.39 is 0 Å². The molecule has 2 N–H and O–H groups in total. The lowest BCUT2D eigenvalue weighted by Gasteiger charge is -2.35. The van der Waals surface area contributed by atoms with Crippen LogP contribution in [0.1, 0.15) is 32.1 Å². The van der Waals surface area contributed by atoms with Crippen LogP contribution in [0.4, 0.5) is 5.82 Å². The Hall–Kier alpha value is -1.66. The monoisotopic (exact) mass is 332 g/mol. The van der Waals surface area contributed by atoms with E-state index in [-0.39, 0.29) is 18.1 Å². The van der Waals surface area contributed by atoms with Gasteiger partial charge >= 0.3 is 0 Å². The van der Waals surface area contributed by atoms with E-state index in [0.717, 1.165) is 64.2 Å². The Morgan fingerprint density at radius 2 is 2.00 bits per heavy atom. The fourth-order valence-electron chi connectivity index (χ4n) is 3.56. The number of amides is 1. The van der Waals surface area contributed by atoms with Gasteiger partial charge in [0.15, 0.2) is 0 Å². The normalized spacial score (nSPS) is 25.5. The first-order valence-corrected chi connectivity index (χ1v) is 9.08. The zero-order chi connectivity index (χ0) is 16.8. The fraction of sp³-hybridized carbons (Fsp3) is 0.667. The van der Waals surface area contributed by atoms with Crippen LogP contribution in [0.5, 0.6) is 0 Å². The van der Waals surface area contributed by atoms with Gasteiger partial charge in [0.2, 0.25) is 5.91 Å². The van der Waals surface area contributed by atoms with Crippen molar-refractivity contribution in [2.45, 2.75) is 44.2 Å². The van der Waals surface area contributed by atoms with Crippen molar-refractivity contribution in [1.82, 2.24) is 15.2 Å². The minimum Gasteiger partial charge on any atom is -0.391 e. The lowest BCUT2D eigenvalue weighted by atomic mass is 9.92. The summed E-state index contributed by atoms with van der Waals surface area (Å²) in [5, 5.41) is 12.9. The van der Waals surface area contributed by atoms with Crippen LogP contribution in [0, 0.1) is 0 Å². The zero-order valence-electron chi connectivity index (χ0n) is 14.2. The Bertz CT molecular complexity index is 517. The average Bonchev–Trinajstić information content (AvgIpc) is 2.63. The third kappa shape index (κ3) is 4.68. The molecule has 1 aliphatic carbocycles. The molecule has 1 amide bonds. The van der Waals surface area contributed by atoms with E-state index in [4.69, 9.17) is 0 Å². The van der Waals surface area contributed by atoms with Crippen molar-refractivity contribution < 1.29 is 9.90 Å². The second kappa shape index (κ2) is 8.44. The Balaban J connectivity index is 1.36. The molecule has 0 spiro atoms. The molecule has 1 saturated carbocycles. The third-order valence-corrected chi connectivity index (χ3v) is 5.08. The third-order valence-electron chi connectivity index (χ3n) is 5.08. The number of anilines is 1. The molecule has 1 aromatic rings. The van der Waals surface area contributed by atoms with Crippen LogP contribution in [-0.4, -0.2) is 65.8 Å². The number of carbonyl (C=O) groups excluding carboxylic acids is 1. The number of piperazine rings is 1. The molecule has 0 bridgehead atoms. The van der Waals surface area contributed by atoms with Crippen molar-refractivity contribution in [3.8, 4) is 0 Å². The molecular weight excluding hydrogens is 304 g/mol. The van der Waals surface area contributed by atoms with Gasteiger partial charge in [-0.15, -0.1) is 0 Å². The van der Waals surface area contributed by atoms with E-state index in [1.165, 1.54) is 0 Å². The van der Waals surface area contributed by atoms with Crippen LogP contribution in [0.25, 0.3) is 0 Å². The first kappa shape index (κ1) is 17.2. The van der Waals surface area contributed by atoms with Crippen LogP contribution in [0.15, 0.2) is 24.4 Å². The van der Waals surface area contributed by atoms with Gasteiger partial charge in [0, 0.05) is 45.3 Å². The van der Waals surface area contributed by atoms with Crippen molar-refractivity contribution in [2.75, 3.05) is 37.6 Å². The zero-order valence-corrected chi connectivity index (χ0v) is 14.2. The standard InChI is InChI=1S/C18H28N4O2/c23-16-6-2-1-5-15(16)20-18(24)8-10-21-11-13-22(14-12-21)17-7-3-4-9-19-17/h3-4,7,9,15-16,23H,1-2,5-6,8,10-14H2,(H,20,24). The summed E-state index contributed by atoms with van der Waals surface area (Å²) in [7, 11) is 0. The summed E-state index contributed by atoms with van der Waals surface area (Å²) in [6.07, 6.45) is 5.82. The van der Waals surface area contributed by atoms with Gasteiger partial charge in [0.05, 0.1) is 12.1 Å². The summed E-state index contributed by atoms with van der Waals surface area (Å²) in [5.74, 6) is 1.09. The smallest absolute Gasteiger partial charge is 0.221 e. The summed E-state index contributed by atoms with van der Waals surface area (Å²) in [6, 6.07) is 5.94. The van der Waals surface area contributed by atoms with Crippen LogP contribution in [0.3, 0.4) is 0 Å². The molecule has 6 nitrogen and oxygen atoms in total. The van der Waals surface area contributed by atoms with Gasteiger partial charge < -0.3 is 15.3 Å². The van der Waals surface area contributed by atoms with Crippen molar-refractivity contribution in [2.24, 2.45) is 0 Å². The molecule has 24 heavy (non-hydrogen) atoms. The molecule has 2 atom stereocenters. The van der Waals surface area contributed by atoms with Crippen molar-refractivity contribution >= 4 is 11.7 Å². The number of hydrogen-bond donors (Lipinski definition) is 2. The summed E-state index contributed by atoms with van der Waals surface area (Å²) < 4.78 is 0. The highest BCUT2D eigenvalue weighted by atomic mass is 16.3. The van der Waals surface area contributed by atoms with E-state index in [0.29, 0.717) is 6.42 Å². The summed E-state index contributed by atoms with van der Waals surface area (Å²) in [4.78, 5) is 21.1. The van der Waals surface area contributed by atoms with Crippen LogP contribution in [-0.2, 0) is 4.79 Å².